The molecule has 1 aromatic carbocycles. The minimum Gasteiger partial charge on any atom is -0.294 e. The van der Waals surface area contributed by atoms with E-state index in [1.54, 1.807) is 24.3 Å². The largest absolute Gasteiger partial charge is 0.294 e. The molecule has 1 aliphatic heterocycles. The Kier molecular flexibility index (Phi) is 4.07. The SMILES string of the molecule is CC(C)(C)CCC(=O)c1cccc(N2C(=O)C=CC2=O)c1. The first-order chi connectivity index (χ1) is 9.78. The van der Waals surface area contributed by atoms with Gasteiger partial charge in [0.15, 0.2) is 5.78 Å². The lowest BCUT2D eigenvalue weighted by Gasteiger charge is -2.18. The fourth-order valence-electron chi connectivity index (χ4n) is 2.11. The first-order valence-electron chi connectivity index (χ1n) is 6.97. The Balaban J connectivity index is 2.16. The van der Waals surface area contributed by atoms with Crippen LogP contribution in [0.15, 0.2) is 36.4 Å². The van der Waals surface area contributed by atoms with Gasteiger partial charge in [0.1, 0.15) is 0 Å². The maximum Gasteiger partial charge on any atom is 0.258 e. The molecule has 0 saturated carbocycles. The highest BCUT2D eigenvalue weighted by molar-refractivity contribution is 6.28. The highest BCUT2D eigenvalue weighted by atomic mass is 16.2. The van der Waals surface area contributed by atoms with Gasteiger partial charge in [-0.15, -0.1) is 0 Å². The highest BCUT2D eigenvalue weighted by Crippen LogP contribution is 2.24. The molecule has 2 rings (SSSR count). The third-order valence-corrected chi connectivity index (χ3v) is 3.34. The van der Waals surface area contributed by atoms with E-state index < -0.39 is 0 Å². The Morgan fingerprint density at radius 1 is 1.10 bits per heavy atom. The summed E-state index contributed by atoms with van der Waals surface area (Å²) >= 11 is 0. The zero-order valence-corrected chi connectivity index (χ0v) is 12.6. The van der Waals surface area contributed by atoms with Crippen molar-refractivity contribution in [1.82, 2.24) is 0 Å². The smallest absolute Gasteiger partial charge is 0.258 e. The summed E-state index contributed by atoms with van der Waals surface area (Å²) in [4.78, 5) is 36.6. The predicted octanol–water partition coefficient (Wildman–Crippen LogP) is 3.13. The van der Waals surface area contributed by atoms with Crippen LogP contribution >= 0.6 is 0 Å². The van der Waals surface area contributed by atoms with Gasteiger partial charge in [0, 0.05) is 24.1 Å². The summed E-state index contributed by atoms with van der Waals surface area (Å²) in [6.45, 7) is 6.26. The molecular weight excluding hydrogens is 266 g/mol. The van der Waals surface area contributed by atoms with Gasteiger partial charge >= 0.3 is 0 Å². The molecule has 0 N–H and O–H groups in total. The molecule has 0 atom stereocenters. The number of carbonyl (C=O) groups is 3. The summed E-state index contributed by atoms with van der Waals surface area (Å²) < 4.78 is 0. The van der Waals surface area contributed by atoms with E-state index in [0.717, 1.165) is 11.3 Å². The lowest BCUT2D eigenvalue weighted by atomic mass is 9.88. The second-order valence-corrected chi connectivity index (χ2v) is 6.38. The van der Waals surface area contributed by atoms with Crippen LogP contribution < -0.4 is 4.90 Å². The molecule has 0 radical (unpaired) electrons. The second-order valence-electron chi connectivity index (χ2n) is 6.38. The zero-order valence-electron chi connectivity index (χ0n) is 12.6. The van der Waals surface area contributed by atoms with Gasteiger partial charge in [0.25, 0.3) is 11.8 Å². The van der Waals surface area contributed by atoms with Crippen molar-refractivity contribution in [2.45, 2.75) is 33.6 Å². The number of rotatable bonds is 4. The van der Waals surface area contributed by atoms with E-state index in [9.17, 15) is 14.4 Å². The van der Waals surface area contributed by atoms with Crippen molar-refractivity contribution in [1.29, 1.82) is 0 Å². The molecule has 1 aliphatic rings. The van der Waals surface area contributed by atoms with E-state index in [4.69, 9.17) is 0 Å². The van der Waals surface area contributed by atoms with Gasteiger partial charge in [0.05, 0.1) is 5.69 Å². The average molecular weight is 285 g/mol. The fourth-order valence-corrected chi connectivity index (χ4v) is 2.11. The highest BCUT2D eigenvalue weighted by Gasteiger charge is 2.25. The van der Waals surface area contributed by atoms with Gasteiger partial charge in [-0.05, 0) is 24.0 Å². The van der Waals surface area contributed by atoms with Crippen LogP contribution in [-0.2, 0) is 9.59 Å². The minimum absolute atomic E-state index is 0.0267. The summed E-state index contributed by atoms with van der Waals surface area (Å²) in [5.74, 6) is -0.725. The van der Waals surface area contributed by atoms with Crippen LogP contribution in [0.1, 0.15) is 44.0 Å². The maximum atomic E-state index is 12.2. The normalized spacial score (nSPS) is 14.9. The van der Waals surface area contributed by atoms with E-state index in [2.05, 4.69) is 20.8 Å². The van der Waals surface area contributed by atoms with Gasteiger partial charge in [-0.1, -0.05) is 32.9 Å². The van der Waals surface area contributed by atoms with Crippen molar-refractivity contribution in [3.8, 4) is 0 Å². The van der Waals surface area contributed by atoms with Crippen molar-refractivity contribution in [3.05, 3.63) is 42.0 Å². The quantitative estimate of drug-likeness (QED) is 0.631. The molecule has 0 bridgehead atoms. The number of Topliss-reactive ketones (excluding diaryl/α,β-unsaturated/α-hetero) is 1. The van der Waals surface area contributed by atoms with E-state index >= 15 is 0 Å². The molecule has 0 fully saturated rings. The zero-order chi connectivity index (χ0) is 15.6. The Labute approximate surface area is 124 Å². The van der Waals surface area contributed by atoms with Crippen LogP contribution in [0.2, 0.25) is 0 Å². The van der Waals surface area contributed by atoms with Crippen LogP contribution in [-0.4, -0.2) is 17.6 Å². The van der Waals surface area contributed by atoms with Gasteiger partial charge in [-0.25, -0.2) is 4.90 Å². The number of anilines is 1. The van der Waals surface area contributed by atoms with Crippen LogP contribution in [0, 0.1) is 5.41 Å². The molecule has 0 spiro atoms. The molecule has 1 aromatic rings. The predicted molar refractivity (Wildman–Crippen MR) is 81.1 cm³/mol. The molecule has 21 heavy (non-hydrogen) atoms. The van der Waals surface area contributed by atoms with Gasteiger partial charge in [-0.3, -0.25) is 14.4 Å². The molecule has 0 saturated heterocycles. The van der Waals surface area contributed by atoms with E-state index in [0.29, 0.717) is 17.7 Å². The first-order valence-corrected chi connectivity index (χ1v) is 6.97. The Morgan fingerprint density at radius 2 is 1.71 bits per heavy atom. The summed E-state index contributed by atoms with van der Waals surface area (Å²) in [7, 11) is 0. The Morgan fingerprint density at radius 3 is 2.29 bits per heavy atom. The number of hydrogen-bond donors (Lipinski definition) is 0. The number of carbonyl (C=O) groups excluding carboxylic acids is 3. The molecule has 0 aromatic heterocycles. The lowest BCUT2D eigenvalue weighted by molar-refractivity contribution is -0.119. The Bertz CT molecular complexity index is 605. The number of benzene rings is 1. The van der Waals surface area contributed by atoms with Crippen LogP contribution in [0.5, 0.6) is 0 Å². The van der Waals surface area contributed by atoms with Crippen molar-refractivity contribution in [2.75, 3.05) is 4.90 Å². The summed E-state index contributed by atoms with van der Waals surface area (Å²) in [6.07, 6.45) is 3.71. The van der Waals surface area contributed by atoms with E-state index in [-0.39, 0.29) is 23.0 Å². The molecule has 4 nitrogen and oxygen atoms in total. The second kappa shape index (κ2) is 5.64. The fraction of sp³-hybridized carbons (Fsp3) is 0.353. The molecule has 2 amide bonds. The van der Waals surface area contributed by atoms with Crippen molar-refractivity contribution in [3.63, 3.8) is 0 Å². The number of nitrogens with zero attached hydrogens (tertiary/aromatic N) is 1. The Hall–Kier alpha value is -2.23. The number of imide groups is 1. The monoisotopic (exact) mass is 285 g/mol. The maximum absolute atomic E-state index is 12.2. The standard InChI is InChI=1S/C17H19NO3/c1-17(2,3)10-9-14(19)12-5-4-6-13(11-12)18-15(20)7-8-16(18)21/h4-8,11H,9-10H2,1-3H3. The van der Waals surface area contributed by atoms with E-state index in [1.807, 2.05) is 0 Å². The van der Waals surface area contributed by atoms with Crippen molar-refractivity contribution >= 4 is 23.3 Å². The average Bonchev–Trinajstić information content (AvgIpc) is 2.75. The molecule has 110 valence electrons. The number of amides is 2. The summed E-state index contributed by atoms with van der Waals surface area (Å²) in [5.41, 5.74) is 1.07. The molecule has 0 unspecified atom stereocenters. The third kappa shape index (κ3) is 3.66. The minimum atomic E-state index is -0.376. The lowest BCUT2D eigenvalue weighted by Crippen LogP contribution is -2.29. The van der Waals surface area contributed by atoms with Crippen LogP contribution in [0.3, 0.4) is 0 Å². The van der Waals surface area contributed by atoms with Gasteiger partial charge in [-0.2, -0.15) is 0 Å². The number of hydrogen-bond acceptors (Lipinski definition) is 3. The third-order valence-electron chi connectivity index (χ3n) is 3.34. The number of ketones is 1. The van der Waals surface area contributed by atoms with Gasteiger partial charge in [0.2, 0.25) is 0 Å². The van der Waals surface area contributed by atoms with Crippen LogP contribution in [0.4, 0.5) is 5.69 Å². The van der Waals surface area contributed by atoms with E-state index in [1.165, 1.54) is 12.2 Å². The topological polar surface area (TPSA) is 54.5 Å². The van der Waals surface area contributed by atoms with Crippen molar-refractivity contribution in [2.24, 2.45) is 5.41 Å². The summed E-state index contributed by atoms with van der Waals surface area (Å²) in [5, 5.41) is 0. The first kappa shape index (κ1) is 15.2. The molecule has 0 aliphatic carbocycles. The van der Waals surface area contributed by atoms with Crippen molar-refractivity contribution < 1.29 is 14.4 Å². The van der Waals surface area contributed by atoms with Crippen LogP contribution in [0.25, 0.3) is 0 Å². The summed E-state index contributed by atoms with van der Waals surface area (Å²) in [6, 6.07) is 6.67. The molecule has 4 heteroatoms. The van der Waals surface area contributed by atoms with Gasteiger partial charge < -0.3 is 0 Å². The molecular formula is C17H19NO3. The molecule has 1 heterocycles.